The number of benzene rings is 5. The van der Waals surface area contributed by atoms with Crippen LogP contribution in [0.25, 0.3) is 22.3 Å². The zero-order valence-corrected chi connectivity index (χ0v) is 22.9. The standard InChI is InChI=1S/C38H31N/c1-6-25-15-17-26(18-16-25)39(27-19-21-31-29-11-7-9-13-33(29)37(2,3)35(31)23-27)28-20-22-32-30-12-8-10-14-34(30)38(4,5)36(32)24-28/h1,7-24H,2-5H3. The van der Waals surface area contributed by atoms with E-state index in [-0.39, 0.29) is 10.8 Å². The summed E-state index contributed by atoms with van der Waals surface area (Å²) in [5.74, 6) is 2.76. The van der Waals surface area contributed by atoms with Crippen LogP contribution in [0, 0.1) is 12.3 Å². The van der Waals surface area contributed by atoms with E-state index in [1.54, 1.807) is 0 Å². The monoisotopic (exact) mass is 501 g/mol. The van der Waals surface area contributed by atoms with Crippen LogP contribution in [0.1, 0.15) is 55.5 Å². The van der Waals surface area contributed by atoms with E-state index in [1.165, 1.54) is 44.5 Å². The molecule has 0 bridgehead atoms. The molecule has 0 amide bonds. The van der Waals surface area contributed by atoms with Crippen molar-refractivity contribution in [2.45, 2.75) is 38.5 Å². The zero-order valence-electron chi connectivity index (χ0n) is 22.9. The Morgan fingerprint density at radius 3 is 1.36 bits per heavy atom. The Balaban J connectivity index is 1.42. The number of hydrogen-bond donors (Lipinski definition) is 0. The minimum atomic E-state index is -0.0670. The molecule has 0 unspecified atom stereocenters. The molecule has 0 aromatic heterocycles. The highest BCUT2D eigenvalue weighted by Gasteiger charge is 2.37. The van der Waals surface area contributed by atoms with Crippen LogP contribution in [-0.4, -0.2) is 0 Å². The van der Waals surface area contributed by atoms with Crippen LogP contribution < -0.4 is 4.90 Å². The molecule has 1 nitrogen and oxygen atoms in total. The molecule has 7 rings (SSSR count). The van der Waals surface area contributed by atoms with Gasteiger partial charge in [-0.2, -0.15) is 0 Å². The largest absolute Gasteiger partial charge is 0.310 e. The molecule has 39 heavy (non-hydrogen) atoms. The van der Waals surface area contributed by atoms with Crippen LogP contribution >= 0.6 is 0 Å². The highest BCUT2D eigenvalue weighted by Crippen LogP contribution is 2.52. The summed E-state index contributed by atoms with van der Waals surface area (Å²) >= 11 is 0. The van der Waals surface area contributed by atoms with Crippen LogP contribution in [0.4, 0.5) is 17.1 Å². The van der Waals surface area contributed by atoms with Gasteiger partial charge in [0, 0.05) is 33.5 Å². The normalized spacial score (nSPS) is 15.1. The fraction of sp³-hybridized carbons (Fsp3) is 0.158. The maximum atomic E-state index is 5.70. The number of anilines is 3. The van der Waals surface area contributed by atoms with Gasteiger partial charge in [0.25, 0.3) is 0 Å². The van der Waals surface area contributed by atoms with Gasteiger partial charge in [-0.15, -0.1) is 6.42 Å². The third-order valence-corrected chi connectivity index (χ3v) is 8.94. The first-order chi connectivity index (χ1) is 18.8. The summed E-state index contributed by atoms with van der Waals surface area (Å²) in [5, 5.41) is 0. The predicted octanol–water partition coefficient (Wildman–Crippen LogP) is 9.75. The lowest BCUT2D eigenvalue weighted by Crippen LogP contribution is -2.18. The number of nitrogens with zero attached hydrogens (tertiary/aromatic N) is 1. The first-order valence-electron chi connectivity index (χ1n) is 13.7. The first-order valence-corrected chi connectivity index (χ1v) is 13.7. The first kappa shape index (κ1) is 23.6. The fourth-order valence-corrected chi connectivity index (χ4v) is 6.82. The second-order valence-electron chi connectivity index (χ2n) is 11.8. The average Bonchev–Trinajstić information content (AvgIpc) is 3.33. The van der Waals surface area contributed by atoms with E-state index >= 15 is 0 Å². The second kappa shape index (κ2) is 8.23. The van der Waals surface area contributed by atoms with Crippen LogP contribution in [-0.2, 0) is 10.8 Å². The Kier molecular flexibility index (Phi) is 4.97. The molecule has 1 heteroatoms. The van der Waals surface area contributed by atoms with Gasteiger partial charge in [0.2, 0.25) is 0 Å². The Bertz CT molecular complexity index is 1700. The lowest BCUT2D eigenvalue weighted by Gasteiger charge is -2.29. The molecule has 0 fully saturated rings. The Labute approximate surface area is 231 Å². The summed E-state index contributed by atoms with van der Waals surface area (Å²) in [6.45, 7) is 9.34. The summed E-state index contributed by atoms with van der Waals surface area (Å²) < 4.78 is 0. The van der Waals surface area contributed by atoms with Gasteiger partial charge in [0.15, 0.2) is 0 Å². The van der Waals surface area contributed by atoms with Gasteiger partial charge in [-0.05, 0) is 93.0 Å². The molecule has 188 valence electrons. The van der Waals surface area contributed by atoms with Crippen LogP contribution in [0.3, 0.4) is 0 Å². The van der Waals surface area contributed by atoms with Crippen LogP contribution in [0.5, 0.6) is 0 Å². The molecular weight excluding hydrogens is 470 g/mol. The van der Waals surface area contributed by atoms with E-state index in [0.29, 0.717) is 0 Å². The highest BCUT2D eigenvalue weighted by atomic mass is 15.1. The van der Waals surface area contributed by atoms with E-state index in [1.807, 2.05) is 12.1 Å². The van der Waals surface area contributed by atoms with Gasteiger partial charge in [-0.3, -0.25) is 0 Å². The van der Waals surface area contributed by atoms with Crippen molar-refractivity contribution >= 4 is 17.1 Å². The fourth-order valence-electron chi connectivity index (χ4n) is 6.82. The molecule has 0 heterocycles. The second-order valence-corrected chi connectivity index (χ2v) is 11.8. The summed E-state index contributed by atoms with van der Waals surface area (Å²) in [6.07, 6.45) is 5.70. The van der Waals surface area contributed by atoms with Gasteiger partial charge in [0.1, 0.15) is 0 Å². The molecule has 0 saturated carbocycles. The molecule has 0 aliphatic heterocycles. The molecule has 0 N–H and O–H groups in total. The van der Waals surface area contributed by atoms with E-state index < -0.39 is 0 Å². The number of rotatable bonds is 3. The summed E-state index contributed by atoms with van der Waals surface area (Å²) in [6, 6.07) is 39.8. The molecule has 2 aliphatic rings. The topological polar surface area (TPSA) is 3.24 Å². The van der Waals surface area contributed by atoms with Crippen LogP contribution in [0.2, 0.25) is 0 Å². The van der Waals surface area contributed by atoms with Gasteiger partial charge in [0.05, 0.1) is 0 Å². The highest BCUT2D eigenvalue weighted by molar-refractivity contribution is 5.88. The van der Waals surface area contributed by atoms with E-state index in [2.05, 4.69) is 136 Å². The van der Waals surface area contributed by atoms with Crippen molar-refractivity contribution in [3.05, 3.63) is 137 Å². The third-order valence-electron chi connectivity index (χ3n) is 8.94. The van der Waals surface area contributed by atoms with Crippen molar-refractivity contribution in [2.24, 2.45) is 0 Å². The summed E-state index contributed by atoms with van der Waals surface area (Å²) in [5.41, 5.74) is 15.0. The van der Waals surface area contributed by atoms with Gasteiger partial charge >= 0.3 is 0 Å². The summed E-state index contributed by atoms with van der Waals surface area (Å²) in [7, 11) is 0. The van der Waals surface area contributed by atoms with E-state index in [4.69, 9.17) is 6.42 Å². The minimum absolute atomic E-state index is 0.0670. The molecule has 0 saturated heterocycles. The maximum absolute atomic E-state index is 5.70. The van der Waals surface area contributed by atoms with Crippen molar-refractivity contribution < 1.29 is 0 Å². The number of fused-ring (bicyclic) bond motifs is 6. The number of hydrogen-bond acceptors (Lipinski definition) is 1. The molecule has 0 spiro atoms. The molecule has 5 aromatic rings. The van der Waals surface area contributed by atoms with Crippen LogP contribution in [0.15, 0.2) is 109 Å². The maximum Gasteiger partial charge on any atom is 0.0465 e. The van der Waals surface area contributed by atoms with Crippen molar-refractivity contribution in [1.29, 1.82) is 0 Å². The SMILES string of the molecule is C#Cc1ccc(N(c2ccc3c(c2)C(C)(C)c2ccccc2-3)c2ccc3c(c2)C(C)(C)c2ccccc2-3)cc1. The third kappa shape index (κ3) is 3.35. The van der Waals surface area contributed by atoms with Crippen molar-refractivity contribution in [2.75, 3.05) is 4.90 Å². The van der Waals surface area contributed by atoms with Crippen molar-refractivity contribution in [1.82, 2.24) is 0 Å². The summed E-state index contributed by atoms with van der Waals surface area (Å²) in [4.78, 5) is 2.37. The Morgan fingerprint density at radius 2 is 0.897 bits per heavy atom. The molecule has 2 aliphatic carbocycles. The van der Waals surface area contributed by atoms with Crippen molar-refractivity contribution in [3.63, 3.8) is 0 Å². The van der Waals surface area contributed by atoms with Gasteiger partial charge in [-0.1, -0.05) is 94.3 Å². The number of terminal acetylenes is 1. The Morgan fingerprint density at radius 1 is 0.487 bits per heavy atom. The van der Waals surface area contributed by atoms with Crippen molar-refractivity contribution in [3.8, 4) is 34.6 Å². The lowest BCUT2D eigenvalue weighted by molar-refractivity contribution is 0.660. The zero-order chi connectivity index (χ0) is 26.9. The average molecular weight is 502 g/mol. The molecule has 5 aromatic carbocycles. The molecule has 0 radical (unpaired) electrons. The Hall–Kier alpha value is -4.54. The minimum Gasteiger partial charge on any atom is -0.310 e. The van der Waals surface area contributed by atoms with E-state index in [9.17, 15) is 0 Å². The van der Waals surface area contributed by atoms with Gasteiger partial charge < -0.3 is 4.90 Å². The smallest absolute Gasteiger partial charge is 0.0465 e. The predicted molar refractivity (Wildman–Crippen MR) is 164 cm³/mol. The quantitative estimate of drug-likeness (QED) is 0.222. The van der Waals surface area contributed by atoms with Gasteiger partial charge in [-0.25, -0.2) is 0 Å². The lowest BCUT2D eigenvalue weighted by atomic mass is 9.82. The molecular formula is C38H31N. The van der Waals surface area contributed by atoms with E-state index in [0.717, 1.165) is 22.6 Å². The molecule has 0 atom stereocenters.